The van der Waals surface area contributed by atoms with Gasteiger partial charge in [0, 0.05) is 17.8 Å². The van der Waals surface area contributed by atoms with Gasteiger partial charge < -0.3 is 5.32 Å². The van der Waals surface area contributed by atoms with Gasteiger partial charge in [-0.1, -0.05) is 26.7 Å². The molecule has 0 aliphatic rings. The Bertz CT molecular complexity index is 896. The van der Waals surface area contributed by atoms with E-state index in [2.05, 4.69) is 23.9 Å². The summed E-state index contributed by atoms with van der Waals surface area (Å²) in [5.41, 5.74) is 0.605. The molecule has 0 heterocycles. The van der Waals surface area contributed by atoms with Crippen molar-refractivity contribution in [2.45, 2.75) is 31.6 Å². The molecule has 0 aromatic heterocycles. The van der Waals surface area contributed by atoms with Crippen LogP contribution < -0.4 is 10.0 Å². The Hall–Kier alpha value is -2.48. The minimum atomic E-state index is -4.07. The molecule has 0 radical (unpaired) electrons. The molecule has 2 aromatic rings. The molecule has 2 aromatic carbocycles. The average molecular weight is 396 g/mol. The molecule has 5 nitrogen and oxygen atoms in total. The van der Waals surface area contributed by atoms with Crippen LogP contribution in [0, 0.1) is 17.6 Å². The monoisotopic (exact) mass is 396 g/mol. The number of amides is 1. The van der Waals surface area contributed by atoms with Crippen LogP contribution in [0.3, 0.4) is 0 Å². The summed E-state index contributed by atoms with van der Waals surface area (Å²) in [5, 5.41) is 2.85. The summed E-state index contributed by atoms with van der Waals surface area (Å²) in [7, 11) is -4.07. The van der Waals surface area contributed by atoms with Gasteiger partial charge in [0.2, 0.25) is 0 Å². The molecule has 0 unspecified atom stereocenters. The molecule has 27 heavy (non-hydrogen) atoms. The van der Waals surface area contributed by atoms with E-state index >= 15 is 0 Å². The summed E-state index contributed by atoms with van der Waals surface area (Å²) in [4.78, 5) is 11.7. The predicted molar refractivity (Wildman–Crippen MR) is 100 cm³/mol. The molecule has 0 atom stereocenters. The second kappa shape index (κ2) is 8.94. The zero-order valence-corrected chi connectivity index (χ0v) is 15.9. The SMILES string of the molecule is CCC(CC)CNC(=O)c1ccc(NS(=O)(=O)c2ccc(F)c(F)c2)cc1. The Morgan fingerprint density at radius 2 is 1.63 bits per heavy atom. The molecule has 0 bridgehead atoms. The molecule has 0 saturated heterocycles. The van der Waals surface area contributed by atoms with E-state index in [0.717, 1.165) is 25.0 Å². The molecule has 2 N–H and O–H groups in total. The van der Waals surface area contributed by atoms with Crippen molar-refractivity contribution >= 4 is 21.6 Å². The third-order valence-electron chi connectivity index (χ3n) is 4.31. The summed E-state index contributed by atoms with van der Waals surface area (Å²) in [5.74, 6) is -2.20. The smallest absolute Gasteiger partial charge is 0.261 e. The van der Waals surface area contributed by atoms with Crippen LogP contribution in [0.4, 0.5) is 14.5 Å². The van der Waals surface area contributed by atoms with Crippen LogP contribution in [0.15, 0.2) is 47.4 Å². The number of hydrogen-bond acceptors (Lipinski definition) is 3. The van der Waals surface area contributed by atoms with Gasteiger partial charge in [-0.15, -0.1) is 0 Å². The fraction of sp³-hybridized carbons (Fsp3) is 0.316. The first-order valence-corrected chi connectivity index (χ1v) is 10.1. The lowest BCUT2D eigenvalue weighted by atomic mass is 10.0. The fourth-order valence-corrected chi connectivity index (χ4v) is 3.53. The highest BCUT2D eigenvalue weighted by Gasteiger charge is 2.17. The van der Waals surface area contributed by atoms with Crippen molar-refractivity contribution in [1.29, 1.82) is 0 Å². The summed E-state index contributed by atoms with van der Waals surface area (Å²) < 4.78 is 53.0. The van der Waals surface area contributed by atoms with Crippen molar-refractivity contribution < 1.29 is 22.0 Å². The number of carbonyl (C=O) groups excluding carboxylic acids is 1. The fourth-order valence-electron chi connectivity index (χ4n) is 2.46. The third kappa shape index (κ3) is 5.50. The molecule has 2 rings (SSSR count). The van der Waals surface area contributed by atoms with Crippen LogP contribution >= 0.6 is 0 Å². The molecule has 0 spiro atoms. The van der Waals surface area contributed by atoms with Crippen molar-refractivity contribution in [2.75, 3.05) is 11.3 Å². The van der Waals surface area contributed by atoms with E-state index in [1.165, 1.54) is 24.3 Å². The summed E-state index contributed by atoms with van der Waals surface area (Å²) in [6.07, 6.45) is 1.95. The van der Waals surface area contributed by atoms with Gasteiger partial charge in [-0.3, -0.25) is 9.52 Å². The maximum absolute atomic E-state index is 13.3. The van der Waals surface area contributed by atoms with E-state index in [1.54, 1.807) is 0 Å². The van der Waals surface area contributed by atoms with Crippen molar-refractivity contribution in [3.63, 3.8) is 0 Å². The second-order valence-corrected chi connectivity index (χ2v) is 7.83. The van der Waals surface area contributed by atoms with Gasteiger partial charge in [0.05, 0.1) is 4.90 Å². The van der Waals surface area contributed by atoms with Crippen molar-refractivity contribution in [3.8, 4) is 0 Å². The quantitative estimate of drug-likeness (QED) is 0.710. The lowest BCUT2D eigenvalue weighted by Crippen LogP contribution is -2.28. The zero-order valence-electron chi connectivity index (χ0n) is 15.1. The number of anilines is 1. The molecule has 0 saturated carbocycles. The Labute approximate surface area is 157 Å². The maximum atomic E-state index is 13.3. The van der Waals surface area contributed by atoms with E-state index in [4.69, 9.17) is 0 Å². The Balaban J connectivity index is 2.06. The molecule has 8 heteroatoms. The first-order chi connectivity index (χ1) is 12.8. The molecular weight excluding hydrogens is 374 g/mol. The normalized spacial score (nSPS) is 11.4. The molecule has 0 aliphatic carbocycles. The number of nitrogens with one attached hydrogen (secondary N) is 2. The van der Waals surface area contributed by atoms with Crippen molar-refractivity contribution in [3.05, 3.63) is 59.7 Å². The highest BCUT2D eigenvalue weighted by molar-refractivity contribution is 7.92. The molecule has 1 amide bonds. The minimum absolute atomic E-state index is 0.205. The number of carbonyl (C=O) groups is 1. The van der Waals surface area contributed by atoms with Crippen LogP contribution in [-0.4, -0.2) is 20.9 Å². The molecule has 146 valence electrons. The van der Waals surface area contributed by atoms with Gasteiger partial charge in [-0.05, 0) is 48.4 Å². The summed E-state index contributed by atoms with van der Waals surface area (Å²) in [6, 6.07) is 8.18. The number of sulfonamides is 1. The number of rotatable bonds is 8. The average Bonchev–Trinajstić information content (AvgIpc) is 2.64. The van der Waals surface area contributed by atoms with Crippen molar-refractivity contribution in [2.24, 2.45) is 5.92 Å². The Morgan fingerprint density at radius 1 is 1.00 bits per heavy atom. The van der Waals surface area contributed by atoms with E-state index in [0.29, 0.717) is 24.1 Å². The van der Waals surface area contributed by atoms with Crippen LogP contribution in [0.1, 0.15) is 37.0 Å². The highest BCUT2D eigenvalue weighted by atomic mass is 32.2. The first kappa shape index (κ1) is 20.8. The maximum Gasteiger partial charge on any atom is 0.261 e. The predicted octanol–water partition coefficient (Wildman–Crippen LogP) is 3.93. The number of hydrogen-bond donors (Lipinski definition) is 2. The summed E-state index contributed by atoms with van der Waals surface area (Å²) in [6.45, 7) is 4.71. The number of benzene rings is 2. The third-order valence-corrected chi connectivity index (χ3v) is 5.69. The molecular formula is C19H22F2N2O3S. The van der Waals surface area contributed by atoms with Crippen LogP contribution in [0.5, 0.6) is 0 Å². The van der Waals surface area contributed by atoms with Gasteiger partial charge in [0.15, 0.2) is 11.6 Å². The molecule has 0 fully saturated rings. The first-order valence-electron chi connectivity index (χ1n) is 8.63. The molecule has 0 aliphatic heterocycles. The lowest BCUT2D eigenvalue weighted by molar-refractivity contribution is 0.0946. The van der Waals surface area contributed by atoms with E-state index in [-0.39, 0.29) is 11.6 Å². The Kier molecular flexibility index (Phi) is 6.90. The standard InChI is InChI=1S/C19H22F2N2O3S/c1-3-13(4-2)12-22-19(24)14-5-7-15(8-6-14)23-27(25,26)16-9-10-17(20)18(21)11-16/h5-11,13,23H,3-4,12H2,1-2H3,(H,22,24). The highest BCUT2D eigenvalue weighted by Crippen LogP contribution is 2.19. The van der Waals surface area contributed by atoms with Gasteiger partial charge in [-0.2, -0.15) is 0 Å². The van der Waals surface area contributed by atoms with Gasteiger partial charge in [0.1, 0.15) is 0 Å². The van der Waals surface area contributed by atoms with Crippen molar-refractivity contribution in [1.82, 2.24) is 5.32 Å². The van der Waals surface area contributed by atoms with E-state index in [1.807, 2.05) is 0 Å². The van der Waals surface area contributed by atoms with E-state index in [9.17, 15) is 22.0 Å². The largest absolute Gasteiger partial charge is 0.352 e. The van der Waals surface area contributed by atoms with Crippen LogP contribution in [0.2, 0.25) is 0 Å². The zero-order chi connectivity index (χ0) is 20.0. The van der Waals surface area contributed by atoms with Crippen LogP contribution in [-0.2, 0) is 10.0 Å². The lowest BCUT2D eigenvalue weighted by Gasteiger charge is -2.13. The topological polar surface area (TPSA) is 75.3 Å². The van der Waals surface area contributed by atoms with Gasteiger partial charge in [-0.25, -0.2) is 17.2 Å². The summed E-state index contributed by atoms with van der Waals surface area (Å²) >= 11 is 0. The second-order valence-electron chi connectivity index (χ2n) is 6.15. The van der Waals surface area contributed by atoms with Gasteiger partial charge in [0.25, 0.3) is 15.9 Å². The Morgan fingerprint density at radius 3 is 2.19 bits per heavy atom. The van der Waals surface area contributed by atoms with E-state index < -0.39 is 26.6 Å². The minimum Gasteiger partial charge on any atom is -0.352 e. The number of halogens is 2. The van der Waals surface area contributed by atoms with Gasteiger partial charge >= 0.3 is 0 Å². The van der Waals surface area contributed by atoms with Crippen LogP contribution in [0.25, 0.3) is 0 Å².